The van der Waals surface area contributed by atoms with Crippen molar-refractivity contribution in [2.75, 3.05) is 6.61 Å². The van der Waals surface area contributed by atoms with Crippen LogP contribution in [0.5, 0.6) is 0 Å². The summed E-state index contributed by atoms with van der Waals surface area (Å²) in [5, 5.41) is 10.9. The number of aliphatic hydroxyl groups excluding tert-OH is 1. The third-order valence-electron chi connectivity index (χ3n) is 1.48. The van der Waals surface area contributed by atoms with Crippen molar-refractivity contribution in [1.82, 2.24) is 0 Å². The molecular formula is C10H12O2. The number of hydrogen-bond donors (Lipinski definition) is 1. The number of ether oxygens (including phenoxy) is 1. The maximum absolute atomic E-state index is 9.29. The van der Waals surface area contributed by atoms with Crippen molar-refractivity contribution in [3.05, 3.63) is 34.7 Å². The Morgan fingerprint density at radius 1 is 1.42 bits per heavy atom. The first-order chi connectivity index (χ1) is 5.74. The van der Waals surface area contributed by atoms with Crippen molar-refractivity contribution in [1.29, 1.82) is 0 Å². The Morgan fingerprint density at radius 2 is 2.00 bits per heavy atom. The quantitative estimate of drug-likeness (QED) is 0.699. The molecule has 0 aromatic heterocycles. The van der Waals surface area contributed by atoms with Crippen LogP contribution in [-0.2, 0) is 4.74 Å². The van der Waals surface area contributed by atoms with Crippen LogP contribution in [0, 0.1) is 0 Å². The van der Waals surface area contributed by atoms with Crippen LogP contribution in [0.1, 0.15) is 6.92 Å². The summed E-state index contributed by atoms with van der Waals surface area (Å²) < 4.78 is 4.92. The molecule has 0 bridgehead atoms. The highest BCUT2D eigenvalue weighted by molar-refractivity contribution is 5.26. The lowest BCUT2D eigenvalue weighted by Crippen LogP contribution is -2.11. The maximum atomic E-state index is 9.29. The van der Waals surface area contributed by atoms with Crippen LogP contribution in [0.3, 0.4) is 0 Å². The van der Waals surface area contributed by atoms with E-state index in [1.54, 1.807) is 12.1 Å². The van der Waals surface area contributed by atoms with Crippen LogP contribution in [0.4, 0.5) is 0 Å². The van der Waals surface area contributed by atoms with E-state index >= 15 is 0 Å². The second kappa shape index (κ2) is 3.81. The number of rotatable bonds is 2. The third kappa shape index (κ3) is 2.02. The van der Waals surface area contributed by atoms with Gasteiger partial charge in [-0.1, -0.05) is 18.7 Å². The van der Waals surface area contributed by atoms with Gasteiger partial charge >= 0.3 is 0 Å². The molecule has 1 N–H and O–H groups in total. The summed E-state index contributed by atoms with van der Waals surface area (Å²) in [7, 11) is 0. The Balaban J connectivity index is 3.09. The summed E-state index contributed by atoms with van der Waals surface area (Å²) in [5.74, 6) is -0.0301. The minimum Gasteiger partial charge on any atom is -0.481 e. The normalized spacial score (nSPS) is 9.42. The van der Waals surface area contributed by atoms with Gasteiger partial charge in [-0.3, -0.25) is 0 Å². The van der Waals surface area contributed by atoms with Crippen molar-refractivity contribution in [2.45, 2.75) is 6.92 Å². The van der Waals surface area contributed by atoms with E-state index in [0.29, 0.717) is 11.8 Å². The lowest BCUT2D eigenvalue weighted by Gasteiger charge is -1.99. The van der Waals surface area contributed by atoms with Crippen molar-refractivity contribution in [2.24, 2.45) is 0 Å². The van der Waals surface area contributed by atoms with E-state index in [1.165, 1.54) is 0 Å². The van der Waals surface area contributed by atoms with Gasteiger partial charge in [0.15, 0.2) is 0 Å². The summed E-state index contributed by atoms with van der Waals surface area (Å²) in [6, 6.07) is 7.19. The number of benzene rings is 1. The molecule has 0 spiro atoms. The fourth-order valence-electron chi connectivity index (χ4n) is 0.867. The zero-order chi connectivity index (χ0) is 8.97. The van der Waals surface area contributed by atoms with Crippen molar-refractivity contribution in [3.63, 3.8) is 0 Å². The Morgan fingerprint density at radius 3 is 2.50 bits per heavy atom. The van der Waals surface area contributed by atoms with E-state index in [4.69, 9.17) is 4.74 Å². The Bertz CT molecular complexity index is 331. The van der Waals surface area contributed by atoms with Gasteiger partial charge in [-0.15, -0.1) is 0 Å². The van der Waals surface area contributed by atoms with Crippen LogP contribution in [0.2, 0.25) is 0 Å². The van der Waals surface area contributed by atoms with E-state index in [9.17, 15) is 5.11 Å². The molecule has 0 radical (unpaired) electrons. The first kappa shape index (κ1) is 8.65. The predicted octanol–water partition coefficient (Wildman–Crippen LogP) is 0.757. The van der Waals surface area contributed by atoms with Crippen molar-refractivity contribution >= 4 is 12.5 Å². The number of aliphatic hydroxyl groups is 1. The van der Waals surface area contributed by atoms with Gasteiger partial charge in [-0.2, -0.15) is 0 Å². The molecular weight excluding hydrogens is 152 g/mol. The van der Waals surface area contributed by atoms with Crippen LogP contribution < -0.4 is 10.4 Å². The molecule has 2 heteroatoms. The molecule has 0 unspecified atom stereocenters. The maximum Gasteiger partial charge on any atom is 0.284 e. The minimum absolute atomic E-state index is 0.0301. The standard InChI is InChI=1S/C10H12O2/c1-3-12-10(11)9-6-4-8(2)5-7-9/h4-7,11H,2-3H2,1H3. The van der Waals surface area contributed by atoms with Gasteiger partial charge in [0.05, 0.1) is 11.8 Å². The van der Waals surface area contributed by atoms with E-state index in [-0.39, 0.29) is 5.95 Å². The molecule has 0 fully saturated rings. The van der Waals surface area contributed by atoms with Gasteiger partial charge in [0.2, 0.25) is 0 Å². The van der Waals surface area contributed by atoms with Gasteiger partial charge in [-0.05, 0) is 24.3 Å². The zero-order valence-electron chi connectivity index (χ0n) is 7.08. The largest absolute Gasteiger partial charge is 0.481 e. The highest BCUT2D eigenvalue weighted by atomic mass is 16.6. The fourth-order valence-corrected chi connectivity index (χ4v) is 0.867. The highest BCUT2D eigenvalue weighted by Gasteiger charge is 1.91. The van der Waals surface area contributed by atoms with Crippen LogP contribution in [0.15, 0.2) is 24.3 Å². The molecule has 0 atom stereocenters. The minimum atomic E-state index is -0.0301. The van der Waals surface area contributed by atoms with Gasteiger partial charge in [0.25, 0.3) is 5.95 Å². The molecule has 1 aromatic rings. The first-order valence-electron chi connectivity index (χ1n) is 3.85. The average molecular weight is 164 g/mol. The van der Waals surface area contributed by atoms with Gasteiger partial charge in [-0.25, -0.2) is 0 Å². The molecule has 0 aliphatic rings. The van der Waals surface area contributed by atoms with Crippen LogP contribution >= 0.6 is 0 Å². The summed E-state index contributed by atoms with van der Waals surface area (Å²) in [6.45, 7) is 6.03. The van der Waals surface area contributed by atoms with Crippen LogP contribution in [0.25, 0.3) is 12.5 Å². The second-order valence-electron chi connectivity index (χ2n) is 2.44. The zero-order valence-corrected chi connectivity index (χ0v) is 7.08. The molecule has 0 saturated carbocycles. The topological polar surface area (TPSA) is 29.5 Å². The number of hydrogen-bond acceptors (Lipinski definition) is 2. The molecule has 0 heterocycles. The van der Waals surface area contributed by atoms with Gasteiger partial charge < -0.3 is 9.84 Å². The molecule has 12 heavy (non-hydrogen) atoms. The van der Waals surface area contributed by atoms with E-state index in [1.807, 2.05) is 19.1 Å². The Labute approximate surface area is 71.4 Å². The smallest absolute Gasteiger partial charge is 0.284 e. The third-order valence-corrected chi connectivity index (χ3v) is 1.48. The molecule has 2 nitrogen and oxygen atoms in total. The summed E-state index contributed by atoms with van der Waals surface area (Å²) >= 11 is 0. The highest BCUT2D eigenvalue weighted by Crippen LogP contribution is 1.87. The summed E-state index contributed by atoms with van der Waals surface area (Å²) in [5.41, 5.74) is 0. The lowest BCUT2D eigenvalue weighted by atomic mass is 10.3. The van der Waals surface area contributed by atoms with Crippen molar-refractivity contribution < 1.29 is 9.84 Å². The molecule has 0 aliphatic heterocycles. The molecule has 0 saturated heterocycles. The lowest BCUT2D eigenvalue weighted by molar-refractivity contribution is 0.190. The Hall–Kier alpha value is -1.44. The fraction of sp³-hybridized carbons (Fsp3) is 0.200. The predicted molar refractivity (Wildman–Crippen MR) is 48.9 cm³/mol. The molecule has 64 valence electrons. The first-order valence-corrected chi connectivity index (χ1v) is 3.85. The van der Waals surface area contributed by atoms with E-state index in [0.717, 1.165) is 5.22 Å². The second-order valence-corrected chi connectivity index (χ2v) is 2.44. The van der Waals surface area contributed by atoms with E-state index < -0.39 is 0 Å². The average Bonchev–Trinajstić information content (AvgIpc) is 2.06. The molecule has 0 aliphatic carbocycles. The van der Waals surface area contributed by atoms with Crippen LogP contribution in [-0.4, -0.2) is 11.7 Å². The van der Waals surface area contributed by atoms with Crippen molar-refractivity contribution in [3.8, 4) is 0 Å². The molecule has 0 amide bonds. The SMILES string of the molecule is C=c1ccc(=C(O)OCC)cc1. The van der Waals surface area contributed by atoms with Gasteiger partial charge in [0.1, 0.15) is 0 Å². The summed E-state index contributed by atoms with van der Waals surface area (Å²) in [4.78, 5) is 0. The Kier molecular flexibility index (Phi) is 2.75. The van der Waals surface area contributed by atoms with E-state index in [2.05, 4.69) is 6.58 Å². The molecule has 1 aromatic carbocycles. The monoisotopic (exact) mass is 164 g/mol. The van der Waals surface area contributed by atoms with Gasteiger partial charge in [0, 0.05) is 0 Å². The summed E-state index contributed by atoms with van der Waals surface area (Å²) in [6.07, 6.45) is 0. The molecule has 1 rings (SSSR count).